The average molecular weight is 283 g/mol. The Hall–Kier alpha value is -2.01. The van der Waals surface area contributed by atoms with Crippen LogP contribution in [-0.4, -0.2) is 66.4 Å². The van der Waals surface area contributed by atoms with Gasteiger partial charge in [0.05, 0.1) is 18.2 Å². The summed E-state index contributed by atoms with van der Waals surface area (Å²) in [6.45, 7) is -0.437. The van der Waals surface area contributed by atoms with Gasteiger partial charge in [0.1, 0.15) is 30.5 Å². The molecular weight excluding hydrogens is 270 g/mol. The second-order valence-corrected chi connectivity index (χ2v) is 4.33. The van der Waals surface area contributed by atoms with E-state index >= 15 is 0 Å². The molecule has 0 aliphatic carbocycles. The third-order valence-corrected chi connectivity index (χ3v) is 3.07. The van der Waals surface area contributed by atoms with E-state index in [9.17, 15) is 10.2 Å². The van der Waals surface area contributed by atoms with E-state index < -0.39 is 31.2 Å². The van der Waals surface area contributed by atoms with Gasteiger partial charge >= 0.3 is 0 Å². The molecule has 3 heterocycles. The van der Waals surface area contributed by atoms with Gasteiger partial charge in [-0.15, -0.1) is 5.10 Å². The van der Waals surface area contributed by atoms with Gasteiger partial charge in [-0.2, -0.15) is 0 Å². The Morgan fingerprint density at radius 3 is 2.85 bits per heavy atom. The van der Waals surface area contributed by atoms with Crippen LogP contribution in [0.1, 0.15) is 0 Å². The maximum absolute atomic E-state index is 9.77. The number of nitrogens with zero attached hydrogens (tertiary/aromatic N) is 4. The average Bonchev–Trinajstić information content (AvgIpc) is 2.97. The quantitative estimate of drug-likeness (QED) is 0.471. The molecule has 2 aromatic heterocycles. The van der Waals surface area contributed by atoms with E-state index in [2.05, 4.69) is 15.1 Å². The van der Waals surface area contributed by atoms with Gasteiger partial charge in [-0.1, -0.05) is 4.85 Å². The summed E-state index contributed by atoms with van der Waals surface area (Å²) in [5.41, 5.74) is 5.96. The predicted octanol–water partition coefficient (Wildman–Crippen LogP) is -2.72. The van der Waals surface area contributed by atoms with Crippen molar-refractivity contribution in [1.29, 1.82) is 0 Å². The number of hydrogen-bond donors (Lipinski definition) is 4. The van der Waals surface area contributed by atoms with E-state index in [1.54, 1.807) is 0 Å². The number of aromatic nitrogens is 4. The van der Waals surface area contributed by atoms with Crippen molar-refractivity contribution in [2.24, 2.45) is 0 Å². The Balaban J connectivity index is 1.85. The molecule has 0 radical (unpaired) electrons. The van der Waals surface area contributed by atoms with Crippen molar-refractivity contribution < 1.29 is 24.9 Å². The number of rotatable bonds is 3. The molecule has 0 spiro atoms. The molecule has 0 unspecified atom stereocenters. The number of aliphatic hydroxyl groups is 3. The molecule has 108 valence electrons. The summed E-state index contributed by atoms with van der Waals surface area (Å²) in [5, 5.41) is 32.8. The summed E-state index contributed by atoms with van der Waals surface area (Å²) in [7, 11) is 0. The number of fused-ring (bicyclic) bond motifs is 1. The lowest BCUT2D eigenvalue weighted by Crippen LogP contribution is -2.38. The highest BCUT2D eigenvalue weighted by molar-refractivity contribution is 5.84. The Morgan fingerprint density at radius 2 is 2.15 bits per heavy atom. The van der Waals surface area contributed by atoms with Crippen LogP contribution in [0, 0.1) is 0 Å². The molecule has 3 rings (SSSR count). The van der Waals surface area contributed by atoms with Gasteiger partial charge in [0, 0.05) is 0 Å². The standard InChI is InChI=1S/C10H13N5O5/c11-8-4-1-14-15(9(4)13-3-12-8)20-10-7(18)6(17)5(2-16)19-10/h1,3,5-7,10,16-18H,2H2,(H2,11,12,13)/t5-,6-,7-,10-/m1/s1. The van der Waals surface area contributed by atoms with Gasteiger partial charge in [-0.3, -0.25) is 0 Å². The monoisotopic (exact) mass is 283 g/mol. The van der Waals surface area contributed by atoms with E-state index in [1.165, 1.54) is 12.5 Å². The molecule has 0 aromatic carbocycles. The van der Waals surface area contributed by atoms with E-state index in [0.29, 0.717) is 11.0 Å². The molecule has 20 heavy (non-hydrogen) atoms. The molecule has 10 nitrogen and oxygen atoms in total. The molecule has 1 fully saturated rings. The minimum Gasteiger partial charge on any atom is -0.394 e. The molecule has 0 bridgehead atoms. The molecule has 4 atom stereocenters. The molecule has 1 saturated heterocycles. The number of nitrogens with two attached hydrogens (primary N) is 1. The van der Waals surface area contributed by atoms with Gasteiger partial charge in [0.2, 0.25) is 5.65 Å². The van der Waals surface area contributed by atoms with Crippen molar-refractivity contribution >= 4 is 16.9 Å². The van der Waals surface area contributed by atoms with E-state index in [4.69, 9.17) is 20.4 Å². The smallest absolute Gasteiger partial charge is 0.256 e. The lowest BCUT2D eigenvalue weighted by atomic mass is 10.1. The van der Waals surface area contributed by atoms with Crippen LogP contribution in [0.3, 0.4) is 0 Å². The third kappa shape index (κ3) is 1.94. The Labute approximate surface area is 112 Å². The largest absolute Gasteiger partial charge is 0.394 e. The second-order valence-electron chi connectivity index (χ2n) is 4.33. The zero-order chi connectivity index (χ0) is 14.3. The van der Waals surface area contributed by atoms with Crippen molar-refractivity contribution in [3.8, 4) is 0 Å². The van der Waals surface area contributed by atoms with Crippen molar-refractivity contribution in [3.05, 3.63) is 12.5 Å². The minimum absolute atomic E-state index is 0.242. The highest BCUT2D eigenvalue weighted by Crippen LogP contribution is 2.21. The van der Waals surface area contributed by atoms with Crippen LogP contribution in [0.5, 0.6) is 0 Å². The fourth-order valence-corrected chi connectivity index (χ4v) is 1.97. The van der Waals surface area contributed by atoms with Crippen LogP contribution >= 0.6 is 0 Å². The maximum atomic E-state index is 9.77. The van der Waals surface area contributed by atoms with Gasteiger partial charge < -0.3 is 30.6 Å². The molecule has 10 heteroatoms. The SMILES string of the molecule is Nc1ncnc2c1cnn2O[C@H]1O[C@H](CO)[C@@H](O)[C@H]1O. The van der Waals surface area contributed by atoms with Crippen LogP contribution in [-0.2, 0) is 4.74 Å². The Kier molecular flexibility index (Phi) is 3.14. The van der Waals surface area contributed by atoms with Gasteiger partial charge in [-0.25, -0.2) is 9.97 Å². The number of anilines is 1. The van der Waals surface area contributed by atoms with Crippen LogP contribution in [0.4, 0.5) is 5.82 Å². The van der Waals surface area contributed by atoms with Crippen molar-refractivity contribution in [2.75, 3.05) is 12.3 Å². The number of ether oxygens (including phenoxy) is 1. The molecular formula is C10H13N5O5. The van der Waals surface area contributed by atoms with E-state index in [0.717, 1.165) is 4.85 Å². The minimum atomic E-state index is -1.31. The Bertz CT molecular complexity index is 619. The molecule has 1 aliphatic heterocycles. The molecule has 5 N–H and O–H groups in total. The number of hydrogen-bond acceptors (Lipinski definition) is 9. The molecule has 2 aromatic rings. The zero-order valence-electron chi connectivity index (χ0n) is 10.2. The van der Waals surface area contributed by atoms with Crippen LogP contribution in [0.25, 0.3) is 11.0 Å². The van der Waals surface area contributed by atoms with Crippen LogP contribution in [0.2, 0.25) is 0 Å². The summed E-state index contributed by atoms with van der Waals surface area (Å²) in [5.74, 6) is 0.242. The summed E-state index contributed by atoms with van der Waals surface area (Å²) in [4.78, 5) is 14.1. The van der Waals surface area contributed by atoms with E-state index in [1.807, 2.05) is 0 Å². The fourth-order valence-electron chi connectivity index (χ4n) is 1.97. The fraction of sp³-hybridized carbons (Fsp3) is 0.500. The normalized spacial score (nSPS) is 29.9. The zero-order valence-corrected chi connectivity index (χ0v) is 10.2. The first-order chi connectivity index (χ1) is 9.61. The third-order valence-electron chi connectivity index (χ3n) is 3.07. The number of aliphatic hydroxyl groups excluding tert-OH is 3. The van der Waals surface area contributed by atoms with Gasteiger partial charge in [-0.05, 0) is 0 Å². The lowest BCUT2D eigenvalue weighted by Gasteiger charge is -2.15. The second kappa shape index (κ2) is 4.83. The first kappa shape index (κ1) is 13.0. The van der Waals surface area contributed by atoms with Gasteiger partial charge in [0.25, 0.3) is 6.29 Å². The summed E-state index contributed by atoms with van der Waals surface area (Å²) >= 11 is 0. The number of nitrogen functional groups attached to an aromatic ring is 1. The predicted molar refractivity (Wildman–Crippen MR) is 64.1 cm³/mol. The molecule has 1 aliphatic rings. The summed E-state index contributed by atoms with van der Waals surface area (Å²) < 4.78 is 5.18. The maximum Gasteiger partial charge on any atom is 0.256 e. The van der Waals surface area contributed by atoms with Crippen molar-refractivity contribution in [3.63, 3.8) is 0 Å². The van der Waals surface area contributed by atoms with Crippen LogP contribution < -0.4 is 10.6 Å². The first-order valence-electron chi connectivity index (χ1n) is 5.85. The van der Waals surface area contributed by atoms with Crippen molar-refractivity contribution in [2.45, 2.75) is 24.6 Å². The van der Waals surface area contributed by atoms with Crippen LogP contribution in [0.15, 0.2) is 12.5 Å². The van der Waals surface area contributed by atoms with Gasteiger partial charge in [0.15, 0.2) is 0 Å². The topological polar surface area (TPSA) is 149 Å². The Morgan fingerprint density at radius 1 is 1.35 bits per heavy atom. The summed E-state index contributed by atoms with van der Waals surface area (Å²) in [6.07, 6.45) is -2.00. The highest BCUT2D eigenvalue weighted by atomic mass is 16.8. The highest BCUT2D eigenvalue weighted by Gasteiger charge is 2.44. The lowest BCUT2D eigenvalue weighted by molar-refractivity contribution is -0.176. The van der Waals surface area contributed by atoms with E-state index in [-0.39, 0.29) is 5.82 Å². The molecule has 0 saturated carbocycles. The molecule has 0 amide bonds. The van der Waals surface area contributed by atoms with Crippen molar-refractivity contribution in [1.82, 2.24) is 19.9 Å². The summed E-state index contributed by atoms with van der Waals surface area (Å²) in [6, 6.07) is 0. The first-order valence-corrected chi connectivity index (χ1v) is 5.85.